The fraction of sp³-hybridized carbons (Fsp3) is 0.556. The van der Waals surface area contributed by atoms with Gasteiger partial charge in [-0.25, -0.2) is 0 Å². The van der Waals surface area contributed by atoms with Gasteiger partial charge in [0.05, 0.1) is 19.8 Å². The molecular formula is C18H24O2. The summed E-state index contributed by atoms with van der Waals surface area (Å²) in [5.74, 6) is 3.35. The lowest BCUT2D eigenvalue weighted by atomic mass is 9.64. The van der Waals surface area contributed by atoms with Gasteiger partial charge in [0.25, 0.3) is 0 Å². The van der Waals surface area contributed by atoms with Gasteiger partial charge in [-0.1, -0.05) is 43.7 Å². The number of fused-ring (bicyclic) bond motifs is 2. The fourth-order valence-electron chi connectivity index (χ4n) is 4.13. The third-order valence-corrected chi connectivity index (χ3v) is 5.21. The molecule has 108 valence electrons. The van der Waals surface area contributed by atoms with Gasteiger partial charge in [-0.05, 0) is 30.7 Å². The zero-order valence-corrected chi connectivity index (χ0v) is 12.8. The third kappa shape index (κ3) is 2.07. The first-order valence-electron chi connectivity index (χ1n) is 7.56. The Kier molecular flexibility index (Phi) is 3.59. The van der Waals surface area contributed by atoms with E-state index in [4.69, 9.17) is 9.47 Å². The van der Waals surface area contributed by atoms with E-state index in [1.807, 2.05) is 12.1 Å². The van der Waals surface area contributed by atoms with Crippen LogP contribution in [0.5, 0.6) is 5.75 Å². The summed E-state index contributed by atoms with van der Waals surface area (Å²) in [5, 5.41) is 0. The minimum atomic E-state index is 0.126. The Labute approximate surface area is 121 Å². The van der Waals surface area contributed by atoms with Gasteiger partial charge in [0.1, 0.15) is 5.75 Å². The standard InChI is InChI=1S/C18H24O2/c1-11-9-12(2)17-13(3)15(11)10-20-18(17)14-7-5-6-8-16(14)19-4/h5-9,11,13,15,17-18H,10H2,1-4H3/t11-,13-,15-,17-,18-/m1/s1. The van der Waals surface area contributed by atoms with Crippen LogP contribution < -0.4 is 4.74 Å². The van der Waals surface area contributed by atoms with E-state index >= 15 is 0 Å². The molecule has 0 radical (unpaired) electrons. The molecule has 1 saturated heterocycles. The third-order valence-electron chi connectivity index (χ3n) is 5.21. The molecule has 1 aliphatic carbocycles. The number of ether oxygens (including phenoxy) is 2. The maximum absolute atomic E-state index is 6.26. The number of hydrogen-bond donors (Lipinski definition) is 0. The highest BCUT2D eigenvalue weighted by Crippen LogP contribution is 2.50. The highest BCUT2D eigenvalue weighted by molar-refractivity contribution is 5.37. The van der Waals surface area contributed by atoms with Gasteiger partial charge >= 0.3 is 0 Å². The predicted molar refractivity (Wildman–Crippen MR) is 80.8 cm³/mol. The molecule has 20 heavy (non-hydrogen) atoms. The molecule has 2 aliphatic rings. The zero-order valence-electron chi connectivity index (χ0n) is 12.8. The molecule has 1 heterocycles. The second-order valence-corrected chi connectivity index (χ2v) is 6.31. The first-order valence-corrected chi connectivity index (χ1v) is 7.56. The minimum absolute atomic E-state index is 0.126. The van der Waals surface area contributed by atoms with Gasteiger partial charge in [-0.2, -0.15) is 0 Å². The van der Waals surface area contributed by atoms with Crippen LogP contribution in [-0.2, 0) is 4.74 Å². The van der Waals surface area contributed by atoms with E-state index in [9.17, 15) is 0 Å². The molecule has 2 heteroatoms. The van der Waals surface area contributed by atoms with Crippen molar-refractivity contribution in [3.63, 3.8) is 0 Å². The Bertz CT molecular complexity index is 520. The van der Waals surface area contributed by atoms with E-state index in [0.29, 0.717) is 23.7 Å². The van der Waals surface area contributed by atoms with E-state index < -0.39 is 0 Å². The molecule has 1 aromatic carbocycles. The first kappa shape index (κ1) is 13.7. The summed E-state index contributed by atoms with van der Waals surface area (Å²) in [6.45, 7) is 7.80. The predicted octanol–water partition coefficient (Wildman–Crippen LogP) is 4.23. The Hall–Kier alpha value is -1.28. The summed E-state index contributed by atoms with van der Waals surface area (Å²) in [6, 6.07) is 8.26. The summed E-state index contributed by atoms with van der Waals surface area (Å²) in [4.78, 5) is 0. The molecule has 0 aromatic heterocycles. The molecule has 5 atom stereocenters. The maximum atomic E-state index is 6.26. The van der Waals surface area contributed by atoms with Crippen molar-refractivity contribution < 1.29 is 9.47 Å². The Morgan fingerprint density at radius 2 is 1.95 bits per heavy atom. The van der Waals surface area contributed by atoms with Crippen molar-refractivity contribution in [1.29, 1.82) is 0 Å². The number of rotatable bonds is 2. The lowest BCUT2D eigenvalue weighted by molar-refractivity contribution is -0.0941. The molecule has 3 rings (SSSR count). The average Bonchev–Trinajstić information content (AvgIpc) is 2.44. The van der Waals surface area contributed by atoms with Crippen molar-refractivity contribution in [1.82, 2.24) is 0 Å². The Balaban J connectivity index is 2.01. The molecule has 2 nitrogen and oxygen atoms in total. The van der Waals surface area contributed by atoms with Crippen molar-refractivity contribution in [3.05, 3.63) is 41.5 Å². The highest BCUT2D eigenvalue weighted by Gasteiger charge is 2.44. The normalized spacial score (nSPS) is 36.4. The van der Waals surface area contributed by atoms with E-state index in [1.165, 1.54) is 11.1 Å². The minimum Gasteiger partial charge on any atom is -0.496 e. The maximum Gasteiger partial charge on any atom is 0.124 e. The Morgan fingerprint density at radius 1 is 1.20 bits per heavy atom. The van der Waals surface area contributed by atoms with Gasteiger partial charge in [0.2, 0.25) is 0 Å². The van der Waals surface area contributed by atoms with Crippen LogP contribution in [0.1, 0.15) is 32.4 Å². The number of benzene rings is 1. The van der Waals surface area contributed by atoms with Gasteiger partial charge in [0, 0.05) is 11.5 Å². The van der Waals surface area contributed by atoms with Crippen LogP contribution in [0, 0.1) is 23.7 Å². The van der Waals surface area contributed by atoms with Gasteiger partial charge in [-0.3, -0.25) is 0 Å². The Morgan fingerprint density at radius 3 is 2.70 bits per heavy atom. The number of para-hydroxylation sites is 1. The smallest absolute Gasteiger partial charge is 0.124 e. The molecule has 1 fully saturated rings. The number of allylic oxidation sites excluding steroid dienone is 1. The molecular weight excluding hydrogens is 248 g/mol. The number of methoxy groups -OCH3 is 1. The molecule has 1 aromatic rings. The van der Waals surface area contributed by atoms with Gasteiger partial charge in [-0.15, -0.1) is 0 Å². The van der Waals surface area contributed by atoms with E-state index in [0.717, 1.165) is 12.4 Å². The largest absolute Gasteiger partial charge is 0.496 e. The lowest BCUT2D eigenvalue weighted by Gasteiger charge is -2.47. The van der Waals surface area contributed by atoms with Crippen molar-refractivity contribution in [2.45, 2.75) is 26.9 Å². The van der Waals surface area contributed by atoms with Crippen molar-refractivity contribution >= 4 is 0 Å². The van der Waals surface area contributed by atoms with Crippen LogP contribution in [0.15, 0.2) is 35.9 Å². The second-order valence-electron chi connectivity index (χ2n) is 6.31. The molecule has 0 unspecified atom stereocenters. The van der Waals surface area contributed by atoms with Crippen LogP contribution in [0.2, 0.25) is 0 Å². The van der Waals surface area contributed by atoms with Gasteiger partial charge < -0.3 is 9.47 Å². The van der Waals surface area contributed by atoms with E-state index in [1.54, 1.807) is 7.11 Å². The van der Waals surface area contributed by atoms with Crippen molar-refractivity contribution in [2.75, 3.05) is 13.7 Å². The summed E-state index contributed by atoms with van der Waals surface area (Å²) in [6.07, 6.45) is 2.57. The quantitative estimate of drug-likeness (QED) is 0.750. The first-order chi connectivity index (χ1) is 9.63. The van der Waals surface area contributed by atoms with Crippen LogP contribution in [-0.4, -0.2) is 13.7 Å². The van der Waals surface area contributed by atoms with Crippen LogP contribution >= 0.6 is 0 Å². The molecule has 0 saturated carbocycles. The second kappa shape index (κ2) is 5.25. The molecule has 0 spiro atoms. The van der Waals surface area contributed by atoms with Crippen LogP contribution in [0.4, 0.5) is 0 Å². The fourth-order valence-corrected chi connectivity index (χ4v) is 4.13. The SMILES string of the molecule is COc1ccccc1[C@H]1OC[C@H]2[C@@H](C)[C@H]1C(C)=C[C@H]2C. The van der Waals surface area contributed by atoms with Crippen LogP contribution in [0.25, 0.3) is 0 Å². The topological polar surface area (TPSA) is 18.5 Å². The zero-order chi connectivity index (χ0) is 14.3. The molecule has 0 N–H and O–H groups in total. The van der Waals surface area contributed by atoms with E-state index in [-0.39, 0.29) is 6.10 Å². The summed E-state index contributed by atoms with van der Waals surface area (Å²) in [5.41, 5.74) is 2.66. The van der Waals surface area contributed by atoms with Crippen molar-refractivity contribution in [3.8, 4) is 5.75 Å². The summed E-state index contributed by atoms with van der Waals surface area (Å²) < 4.78 is 11.8. The van der Waals surface area contributed by atoms with Crippen molar-refractivity contribution in [2.24, 2.45) is 23.7 Å². The summed E-state index contributed by atoms with van der Waals surface area (Å²) in [7, 11) is 1.74. The van der Waals surface area contributed by atoms with E-state index in [2.05, 4.69) is 39.0 Å². The summed E-state index contributed by atoms with van der Waals surface area (Å²) >= 11 is 0. The monoisotopic (exact) mass is 272 g/mol. The molecule has 2 bridgehead atoms. The van der Waals surface area contributed by atoms with Gasteiger partial charge in [0.15, 0.2) is 0 Å². The number of hydrogen-bond acceptors (Lipinski definition) is 2. The lowest BCUT2D eigenvalue weighted by Crippen LogP contribution is -2.42. The highest BCUT2D eigenvalue weighted by atomic mass is 16.5. The average molecular weight is 272 g/mol. The molecule has 0 amide bonds. The molecule has 1 aliphatic heterocycles. The van der Waals surface area contributed by atoms with Crippen LogP contribution in [0.3, 0.4) is 0 Å².